The lowest BCUT2D eigenvalue weighted by Crippen LogP contribution is -2.57. The van der Waals surface area contributed by atoms with Crippen LogP contribution < -0.4 is 21.7 Å². The van der Waals surface area contributed by atoms with Crippen molar-refractivity contribution in [2.24, 2.45) is 11.7 Å². The number of carboxylic acids is 2. The van der Waals surface area contributed by atoms with Gasteiger partial charge in [-0.1, -0.05) is 13.8 Å². The number of hydrogen-bond donors (Lipinski definition) is 6. The van der Waals surface area contributed by atoms with Gasteiger partial charge in [-0.15, -0.1) is 0 Å². The van der Waals surface area contributed by atoms with Crippen LogP contribution in [0.3, 0.4) is 0 Å². The Bertz CT molecular complexity index is 577. The summed E-state index contributed by atoms with van der Waals surface area (Å²) in [6.45, 7) is 6.15. The Labute approximate surface area is 157 Å². The highest BCUT2D eigenvalue weighted by atomic mass is 16.4. The van der Waals surface area contributed by atoms with Crippen molar-refractivity contribution >= 4 is 29.7 Å². The van der Waals surface area contributed by atoms with E-state index in [-0.39, 0.29) is 12.3 Å². The molecule has 3 amide bonds. The molecule has 0 aromatic heterocycles. The van der Waals surface area contributed by atoms with Gasteiger partial charge in [-0.05, 0) is 26.2 Å². The van der Waals surface area contributed by atoms with Gasteiger partial charge in [0.25, 0.3) is 0 Å². The minimum Gasteiger partial charge on any atom is -0.481 e. The zero-order chi connectivity index (χ0) is 21.3. The zero-order valence-electron chi connectivity index (χ0n) is 15.8. The van der Waals surface area contributed by atoms with Gasteiger partial charge >= 0.3 is 11.9 Å². The second kappa shape index (κ2) is 11.1. The van der Waals surface area contributed by atoms with Gasteiger partial charge in [-0.3, -0.25) is 19.2 Å². The summed E-state index contributed by atoms with van der Waals surface area (Å²) in [5, 5.41) is 24.9. The molecule has 0 aliphatic heterocycles. The van der Waals surface area contributed by atoms with Crippen LogP contribution in [0.25, 0.3) is 0 Å². The number of amides is 3. The van der Waals surface area contributed by atoms with Gasteiger partial charge in [-0.25, -0.2) is 4.79 Å². The van der Waals surface area contributed by atoms with E-state index in [9.17, 15) is 24.0 Å². The molecule has 0 aromatic carbocycles. The summed E-state index contributed by atoms with van der Waals surface area (Å²) in [5.74, 6) is -4.90. The Hall–Kier alpha value is -2.69. The van der Waals surface area contributed by atoms with Crippen LogP contribution in [0, 0.1) is 5.92 Å². The Balaban J connectivity index is 5.01. The third-order valence-electron chi connectivity index (χ3n) is 3.67. The number of rotatable bonds is 11. The summed E-state index contributed by atoms with van der Waals surface area (Å²) < 4.78 is 0. The maximum absolute atomic E-state index is 12.4. The van der Waals surface area contributed by atoms with E-state index in [1.807, 2.05) is 0 Å². The molecular weight excluding hydrogens is 360 g/mol. The van der Waals surface area contributed by atoms with E-state index in [2.05, 4.69) is 16.0 Å². The fraction of sp³-hybridized carbons (Fsp3) is 0.688. The highest BCUT2D eigenvalue weighted by molar-refractivity contribution is 5.94. The molecule has 4 atom stereocenters. The molecule has 0 aliphatic carbocycles. The molecule has 4 unspecified atom stereocenters. The third-order valence-corrected chi connectivity index (χ3v) is 3.67. The van der Waals surface area contributed by atoms with Crippen molar-refractivity contribution in [1.82, 2.24) is 16.0 Å². The number of carboxylic acid groups (broad SMARTS) is 2. The summed E-state index contributed by atoms with van der Waals surface area (Å²) in [6.07, 6.45) is -0.730. The van der Waals surface area contributed by atoms with Crippen LogP contribution in [-0.4, -0.2) is 64.0 Å². The standard InChI is InChI=1S/C16H28N4O7/c1-7(2)12(20-14(24)9(4)18-13(23)8(3)17)15(25)19-10(16(26)27)5-6-11(21)22/h7-10,12H,5-6,17H2,1-4H3,(H,18,23)(H,19,25)(H,20,24)(H,21,22)(H,26,27). The predicted octanol–water partition coefficient (Wildman–Crippen LogP) is -1.59. The first-order chi connectivity index (χ1) is 12.4. The minimum atomic E-state index is -1.40. The molecule has 11 nitrogen and oxygen atoms in total. The molecule has 7 N–H and O–H groups in total. The fourth-order valence-electron chi connectivity index (χ4n) is 2.01. The molecule has 0 fully saturated rings. The van der Waals surface area contributed by atoms with Crippen molar-refractivity contribution in [1.29, 1.82) is 0 Å². The van der Waals surface area contributed by atoms with Crippen molar-refractivity contribution in [3.63, 3.8) is 0 Å². The maximum atomic E-state index is 12.4. The largest absolute Gasteiger partial charge is 0.481 e. The van der Waals surface area contributed by atoms with Gasteiger partial charge in [0.2, 0.25) is 17.7 Å². The molecule has 0 aliphatic rings. The molecule has 0 saturated heterocycles. The lowest BCUT2D eigenvalue weighted by atomic mass is 10.0. The Morgan fingerprint density at radius 1 is 0.852 bits per heavy atom. The van der Waals surface area contributed by atoms with Crippen molar-refractivity contribution in [2.45, 2.75) is 64.7 Å². The quantitative estimate of drug-likeness (QED) is 0.244. The molecule has 0 saturated carbocycles. The molecule has 27 heavy (non-hydrogen) atoms. The Morgan fingerprint density at radius 3 is 1.81 bits per heavy atom. The van der Waals surface area contributed by atoms with Crippen LogP contribution >= 0.6 is 0 Å². The van der Waals surface area contributed by atoms with Crippen LogP contribution in [0.1, 0.15) is 40.5 Å². The molecular formula is C16H28N4O7. The van der Waals surface area contributed by atoms with Crippen molar-refractivity contribution in [2.75, 3.05) is 0 Å². The normalized spacial score (nSPS) is 15.2. The number of carbonyl (C=O) groups excluding carboxylic acids is 3. The highest BCUT2D eigenvalue weighted by Gasteiger charge is 2.30. The topological polar surface area (TPSA) is 188 Å². The van der Waals surface area contributed by atoms with Crippen LogP contribution in [0.5, 0.6) is 0 Å². The van der Waals surface area contributed by atoms with E-state index in [1.54, 1.807) is 13.8 Å². The second-order valence-corrected chi connectivity index (χ2v) is 6.58. The minimum absolute atomic E-state index is 0.296. The summed E-state index contributed by atoms with van der Waals surface area (Å²) in [6, 6.07) is -4.24. The van der Waals surface area contributed by atoms with Crippen LogP contribution in [-0.2, 0) is 24.0 Å². The van der Waals surface area contributed by atoms with Gasteiger partial charge < -0.3 is 31.9 Å². The molecule has 0 aromatic rings. The smallest absolute Gasteiger partial charge is 0.326 e. The number of nitrogens with two attached hydrogens (primary N) is 1. The molecule has 0 bridgehead atoms. The van der Waals surface area contributed by atoms with Crippen LogP contribution in [0.15, 0.2) is 0 Å². The van der Waals surface area contributed by atoms with Gasteiger partial charge in [0.15, 0.2) is 0 Å². The molecule has 0 spiro atoms. The summed E-state index contributed by atoms with van der Waals surface area (Å²) in [4.78, 5) is 58.0. The number of hydrogen-bond acceptors (Lipinski definition) is 6. The Kier molecular flexibility index (Phi) is 10.0. The average Bonchev–Trinajstić information content (AvgIpc) is 2.54. The number of aliphatic carboxylic acids is 2. The molecule has 0 radical (unpaired) electrons. The zero-order valence-corrected chi connectivity index (χ0v) is 15.8. The number of nitrogens with one attached hydrogen (secondary N) is 3. The third kappa shape index (κ3) is 8.99. The van der Waals surface area contributed by atoms with Gasteiger partial charge in [-0.2, -0.15) is 0 Å². The van der Waals surface area contributed by atoms with Crippen molar-refractivity contribution < 1.29 is 34.2 Å². The van der Waals surface area contributed by atoms with Crippen LogP contribution in [0.2, 0.25) is 0 Å². The first-order valence-corrected chi connectivity index (χ1v) is 8.48. The molecule has 154 valence electrons. The van der Waals surface area contributed by atoms with E-state index in [0.29, 0.717) is 0 Å². The fourth-order valence-corrected chi connectivity index (χ4v) is 2.01. The van der Waals surface area contributed by atoms with Crippen molar-refractivity contribution in [3.8, 4) is 0 Å². The summed E-state index contributed by atoms with van der Waals surface area (Å²) in [7, 11) is 0. The van der Waals surface area contributed by atoms with Crippen LogP contribution in [0.4, 0.5) is 0 Å². The lowest BCUT2D eigenvalue weighted by Gasteiger charge is -2.25. The first kappa shape index (κ1) is 24.3. The van der Waals surface area contributed by atoms with Gasteiger partial charge in [0.1, 0.15) is 18.1 Å². The lowest BCUT2D eigenvalue weighted by molar-refractivity contribution is -0.143. The van der Waals surface area contributed by atoms with Crippen molar-refractivity contribution in [3.05, 3.63) is 0 Å². The summed E-state index contributed by atoms with van der Waals surface area (Å²) >= 11 is 0. The summed E-state index contributed by atoms with van der Waals surface area (Å²) in [5.41, 5.74) is 5.41. The SMILES string of the molecule is CC(N)C(=O)NC(C)C(=O)NC(C(=O)NC(CCC(=O)O)C(=O)O)C(C)C. The monoisotopic (exact) mass is 388 g/mol. The van der Waals surface area contributed by atoms with Gasteiger partial charge in [0, 0.05) is 6.42 Å². The average molecular weight is 388 g/mol. The van der Waals surface area contributed by atoms with E-state index in [1.165, 1.54) is 13.8 Å². The maximum Gasteiger partial charge on any atom is 0.326 e. The molecule has 0 heterocycles. The number of carbonyl (C=O) groups is 5. The van der Waals surface area contributed by atoms with E-state index in [4.69, 9.17) is 15.9 Å². The van der Waals surface area contributed by atoms with Gasteiger partial charge in [0.05, 0.1) is 6.04 Å². The second-order valence-electron chi connectivity index (χ2n) is 6.58. The first-order valence-electron chi connectivity index (χ1n) is 8.48. The van der Waals surface area contributed by atoms with E-state index < -0.39 is 60.2 Å². The molecule has 0 rings (SSSR count). The molecule has 11 heteroatoms. The predicted molar refractivity (Wildman–Crippen MR) is 94.5 cm³/mol. The van der Waals surface area contributed by atoms with E-state index >= 15 is 0 Å². The Morgan fingerprint density at radius 2 is 1.41 bits per heavy atom. The highest BCUT2D eigenvalue weighted by Crippen LogP contribution is 2.05. The van der Waals surface area contributed by atoms with E-state index in [0.717, 1.165) is 0 Å².